The highest BCUT2D eigenvalue weighted by Gasteiger charge is 2.26. The Morgan fingerprint density at radius 1 is 1.35 bits per heavy atom. The van der Waals surface area contributed by atoms with Crippen LogP contribution in [-0.2, 0) is 0 Å². The molecule has 17 heavy (non-hydrogen) atoms. The number of nitrogens with one attached hydrogen (secondary N) is 1. The van der Waals surface area contributed by atoms with Crippen LogP contribution in [0.3, 0.4) is 0 Å². The molecule has 1 aliphatic rings. The zero-order chi connectivity index (χ0) is 12.4. The van der Waals surface area contributed by atoms with Crippen molar-refractivity contribution in [2.45, 2.75) is 59.0 Å². The number of anilines is 1. The van der Waals surface area contributed by atoms with E-state index >= 15 is 0 Å². The van der Waals surface area contributed by atoms with Gasteiger partial charge in [0.15, 0.2) is 0 Å². The fraction of sp³-hybridized carbons (Fsp3) is 0.786. The molecule has 0 saturated heterocycles. The van der Waals surface area contributed by atoms with E-state index in [1.165, 1.54) is 19.3 Å². The summed E-state index contributed by atoms with van der Waals surface area (Å²) in [5.41, 5.74) is 0. The monoisotopic (exact) mass is 235 g/mol. The zero-order valence-corrected chi connectivity index (χ0v) is 11.5. The van der Waals surface area contributed by atoms with E-state index in [2.05, 4.69) is 48.8 Å². The SMILES string of the molecule is CC1CCC(Nc2nccn2C(C)C)C(C)C1. The summed E-state index contributed by atoms with van der Waals surface area (Å²) in [6, 6.07) is 1.06. The third-order valence-electron chi connectivity index (χ3n) is 3.97. The van der Waals surface area contributed by atoms with E-state index in [4.69, 9.17) is 0 Å². The first kappa shape index (κ1) is 12.5. The van der Waals surface area contributed by atoms with Gasteiger partial charge in [-0.15, -0.1) is 0 Å². The van der Waals surface area contributed by atoms with Crippen molar-refractivity contribution in [3.63, 3.8) is 0 Å². The first-order valence-electron chi connectivity index (χ1n) is 6.87. The van der Waals surface area contributed by atoms with Crippen LogP contribution in [0, 0.1) is 11.8 Å². The van der Waals surface area contributed by atoms with E-state index in [9.17, 15) is 0 Å². The number of nitrogens with zero attached hydrogens (tertiary/aromatic N) is 2. The molecule has 1 N–H and O–H groups in total. The molecule has 1 saturated carbocycles. The molecule has 3 heteroatoms. The van der Waals surface area contributed by atoms with Crippen LogP contribution in [0.15, 0.2) is 12.4 Å². The molecule has 1 heterocycles. The number of rotatable bonds is 3. The third kappa shape index (κ3) is 2.82. The Bertz CT molecular complexity index is 356. The molecule has 0 bridgehead atoms. The number of imidazole rings is 1. The Morgan fingerprint density at radius 3 is 2.76 bits per heavy atom. The molecular weight excluding hydrogens is 210 g/mol. The number of aromatic nitrogens is 2. The maximum Gasteiger partial charge on any atom is 0.203 e. The number of hydrogen-bond donors (Lipinski definition) is 1. The second kappa shape index (κ2) is 5.11. The molecule has 1 aromatic heterocycles. The minimum absolute atomic E-state index is 0.470. The summed E-state index contributed by atoms with van der Waals surface area (Å²) >= 11 is 0. The molecule has 0 radical (unpaired) electrons. The van der Waals surface area contributed by atoms with Crippen molar-refractivity contribution in [3.8, 4) is 0 Å². The summed E-state index contributed by atoms with van der Waals surface area (Å²) in [7, 11) is 0. The highest BCUT2D eigenvalue weighted by molar-refractivity contribution is 5.28. The Labute approximate surface area is 105 Å². The average molecular weight is 235 g/mol. The second-order valence-electron chi connectivity index (χ2n) is 5.90. The predicted octanol–water partition coefficient (Wildman–Crippen LogP) is 3.70. The lowest BCUT2D eigenvalue weighted by molar-refractivity contribution is 0.275. The Hall–Kier alpha value is -0.990. The largest absolute Gasteiger partial charge is 0.353 e. The van der Waals surface area contributed by atoms with Crippen LogP contribution in [0.2, 0.25) is 0 Å². The highest BCUT2D eigenvalue weighted by atomic mass is 15.2. The van der Waals surface area contributed by atoms with Gasteiger partial charge in [-0.25, -0.2) is 4.98 Å². The lowest BCUT2D eigenvalue weighted by Crippen LogP contribution is -2.34. The molecule has 3 nitrogen and oxygen atoms in total. The first-order valence-corrected chi connectivity index (χ1v) is 6.87. The summed E-state index contributed by atoms with van der Waals surface area (Å²) in [5, 5.41) is 3.63. The van der Waals surface area contributed by atoms with Crippen molar-refractivity contribution in [2.24, 2.45) is 11.8 Å². The summed E-state index contributed by atoms with van der Waals surface area (Å²) in [5.74, 6) is 2.66. The van der Waals surface area contributed by atoms with Crippen molar-refractivity contribution in [1.29, 1.82) is 0 Å². The van der Waals surface area contributed by atoms with E-state index in [-0.39, 0.29) is 0 Å². The van der Waals surface area contributed by atoms with Gasteiger partial charge in [0, 0.05) is 24.5 Å². The minimum Gasteiger partial charge on any atom is -0.353 e. The average Bonchev–Trinajstić information content (AvgIpc) is 2.70. The Morgan fingerprint density at radius 2 is 2.12 bits per heavy atom. The smallest absolute Gasteiger partial charge is 0.203 e. The van der Waals surface area contributed by atoms with Gasteiger partial charge in [0.05, 0.1) is 0 Å². The molecule has 1 aromatic rings. The molecule has 2 rings (SSSR count). The molecule has 1 aliphatic carbocycles. The van der Waals surface area contributed by atoms with Crippen molar-refractivity contribution in [1.82, 2.24) is 9.55 Å². The van der Waals surface area contributed by atoms with Crippen LogP contribution < -0.4 is 5.32 Å². The maximum absolute atomic E-state index is 4.44. The van der Waals surface area contributed by atoms with Gasteiger partial charge in [-0.05, 0) is 44.9 Å². The van der Waals surface area contributed by atoms with Gasteiger partial charge in [0.1, 0.15) is 0 Å². The van der Waals surface area contributed by atoms with Gasteiger partial charge in [-0.1, -0.05) is 13.8 Å². The minimum atomic E-state index is 0.470. The Kier molecular flexibility index (Phi) is 3.75. The van der Waals surface area contributed by atoms with Crippen molar-refractivity contribution < 1.29 is 0 Å². The summed E-state index contributed by atoms with van der Waals surface area (Å²) in [6.07, 6.45) is 7.89. The summed E-state index contributed by atoms with van der Waals surface area (Å²) < 4.78 is 2.21. The molecule has 3 atom stereocenters. The van der Waals surface area contributed by atoms with Crippen molar-refractivity contribution >= 4 is 5.95 Å². The molecule has 0 aliphatic heterocycles. The van der Waals surface area contributed by atoms with E-state index in [0.29, 0.717) is 12.1 Å². The van der Waals surface area contributed by atoms with E-state index in [1.54, 1.807) is 0 Å². The van der Waals surface area contributed by atoms with Gasteiger partial charge in [-0.3, -0.25) is 0 Å². The molecule has 96 valence electrons. The van der Waals surface area contributed by atoms with E-state index in [0.717, 1.165) is 17.8 Å². The fourth-order valence-corrected chi connectivity index (χ4v) is 2.89. The third-order valence-corrected chi connectivity index (χ3v) is 3.97. The highest BCUT2D eigenvalue weighted by Crippen LogP contribution is 2.30. The van der Waals surface area contributed by atoms with Crippen LogP contribution in [0.4, 0.5) is 5.95 Å². The van der Waals surface area contributed by atoms with Crippen LogP contribution in [0.1, 0.15) is 53.0 Å². The number of hydrogen-bond acceptors (Lipinski definition) is 2. The predicted molar refractivity (Wildman–Crippen MR) is 72.2 cm³/mol. The van der Waals surface area contributed by atoms with Crippen LogP contribution in [-0.4, -0.2) is 15.6 Å². The van der Waals surface area contributed by atoms with Crippen molar-refractivity contribution in [2.75, 3.05) is 5.32 Å². The fourth-order valence-electron chi connectivity index (χ4n) is 2.89. The second-order valence-corrected chi connectivity index (χ2v) is 5.90. The van der Waals surface area contributed by atoms with Gasteiger partial charge in [0.25, 0.3) is 0 Å². The quantitative estimate of drug-likeness (QED) is 0.865. The van der Waals surface area contributed by atoms with Crippen LogP contribution in [0.25, 0.3) is 0 Å². The van der Waals surface area contributed by atoms with Gasteiger partial charge in [0.2, 0.25) is 5.95 Å². The van der Waals surface area contributed by atoms with Gasteiger partial charge >= 0.3 is 0 Å². The van der Waals surface area contributed by atoms with Gasteiger partial charge < -0.3 is 9.88 Å². The molecule has 0 amide bonds. The van der Waals surface area contributed by atoms with E-state index in [1.807, 2.05) is 6.20 Å². The van der Waals surface area contributed by atoms with E-state index < -0.39 is 0 Å². The van der Waals surface area contributed by atoms with Crippen LogP contribution in [0.5, 0.6) is 0 Å². The van der Waals surface area contributed by atoms with Gasteiger partial charge in [-0.2, -0.15) is 0 Å². The summed E-state index contributed by atoms with van der Waals surface area (Å²) in [4.78, 5) is 4.44. The molecule has 3 unspecified atom stereocenters. The lowest BCUT2D eigenvalue weighted by atomic mass is 9.80. The molecule has 0 aromatic carbocycles. The normalized spacial score (nSPS) is 29.6. The Balaban J connectivity index is 2.03. The first-order chi connectivity index (χ1) is 8.08. The topological polar surface area (TPSA) is 29.9 Å². The molecule has 1 fully saturated rings. The standard InChI is InChI=1S/C14H25N3/c1-10(2)17-8-7-15-14(17)16-13-6-5-11(3)9-12(13)4/h7-8,10-13H,5-6,9H2,1-4H3,(H,15,16). The van der Waals surface area contributed by atoms with Crippen LogP contribution >= 0.6 is 0 Å². The molecule has 0 spiro atoms. The summed E-state index contributed by atoms with van der Waals surface area (Å²) in [6.45, 7) is 9.11. The molecular formula is C14H25N3. The zero-order valence-electron chi connectivity index (χ0n) is 11.5. The lowest BCUT2D eigenvalue weighted by Gasteiger charge is -2.33. The van der Waals surface area contributed by atoms with Crippen molar-refractivity contribution in [3.05, 3.63) is 12.4 Å². The maximum atomic E-state index is 4.44.